The van der Waals surface area contributed by atoms with Crippen LogP contribution in [0.5, 0.6) is 0 Å². The van der Waals surface area contributed by atoms with Crippen LogP contribution < -0.4 is 0 Å². The van der Waals surface area contributed by atoms with Gasteiger partial charge in [0, 0.05) is 51.7 Å². The normalized spacial score (nSPS) is 17.1. The summed E-state index contributed by atoms with van der Waals surface area (Å²) < 4.78 is 7.22. The molecule has 20 heavy (non-hydrogen) atoms. The Bertz CT molecular complexity index is 436. The molecule has 1 saturated heterocycles. The minimum atomic E-state index is -0.201. The fourth-order valence-corrected chi connectivity index (χ4v) is 2.73. The summed E-state index contributed by atoms with van der Waals surface area (Å²) in [6.45, 7) is 5.32. The van der Waals surface area contributed by atoms with Crippen LogP contribution >= 0.6 is 0 Å². The predicted octanol–water partition coefficient (Wildman–Crippen LogP) is 2.08. The molecule has 0 saturated carbocycles. The maximum absolute atomic E-state index is 11.7. The second-order valence-corrected chi connectivity index (χ2v) is 5.43. The largest absolute Gasteiger partial charge is 0.450 e. The summed E-state index contributed by atoms with van der Waals surface area (Å²) >= 11 is 0. The van der Waals surface area contributed by atoms with Gasteiger partial charge in [0.2, 0.25) is 0 Å². The molecule has 1 aromatic heterocycles. The van der Waals surface area contributed by atoms with Gasteiger partial charge in [-0.3, -0.25) is 4.90 Å². The third kappa shape index (κ3) is 3.54. The molecule has 1 aliphatic rings. The van der Waals surface area contributed by atoms with E-state index in [1.807, 2.05) is 14.0 Å². The Morgan fingerprint density at radius 3 is 2.70 bits per heavy atom. The van der Waals surface area contributed by atoms with Gasteiger partial charge in [0.15, 0.2) is 0 Å². The number of hydrogen-bond acceptors (Lipinski definition) is 3. The first-order valence-corrected chi connectivity index (χ1v) is 7.34. The van der Waals surface area contributed by atoms with Gasteiger partial charge in [0.1, 0.15) is 0 Å². The molecular weight excluding hydrogens is 254 g/mol. The molecule has 0 radical (unpaired) electrons. The van der Waals surface area contributed by atoms with E-state index in [0.717, 1.165) is 32.5 Å². The van der Waals surface area contributed by atoms with Gasteiger partial charge in [-0.15, -0.1) is 0 Å². The standard InChI is InChI=1S/C15H25N3O2/c1-4-20-15(19)17(3)13-7-10-18(11-8-13)12-14-6-5-9-16(14)2/h5-6,9,13H,4,7-8,10-12H2,1-3H3. The summed E-state index contributed by atoms with van der Waals surface area (Å²) in [7, 11) is 3.92. The molecule has 0 aliphatic carbocycles. The summed E-state index contributed by atoms with van der Waals surface area (Å²) in [5, 5.41) is 0. The van der Waals surface area contributed by atoms with Crippen molar-refractivity contribution in [3.63, 3.8) is 0 Å². The first-order valence-electron chi connectivity index (χ1n) is 7.34. The molecular formula is C15H25N3O2. The van der Waals surface area contributed by atoms with Crippen molar-refractivity contribution >= 4 is 6.09 Å². The predicted molar refractivity (Wildman–Crippen MR) is 78.5 cm³/mol. The smallest absolute Gasteiger partial charge is 0.409 e. The topological polar surface area (TPSA) is 37.7 Å². The minimum absolute atomic E-state index is 0.201. The number of rotatable bonds is 4. The Labute approximate surface area is 121 Å². The van der Waals surface area contributed by atoms with Gasteiger partial charge in [-0.1, -0.05) is 0 Å². The van der Waals surface area contributed by atoms with Crippen molar-refractivity contribution in [2.75, 3.05) is 26.7 Å². The van der Waals surface area contributed by atoms with Gasteiger partial charge in [-0.25, -0.2) is 4.79 Å². The quantitative estimate of drug-likeness (QED) is 0.847. The van der Waals surface area contributed by atoms with E-state index in [1.165, 1.54) is 5.69 Å². The van der Waals surface area contributed by atoms with E-state index in [4.69, 9.17) is 4.74 Å². The fourth-order valence-electron chi connectivity index (χ4n) is 2.73. The zero-order valence-corrected chi connectivity index (χ0v) is 12.7. The number of amides is 1. The molecule has 5 nitrogen and oxygen atoms in total. The molecule has 0 unspecified atom stereocenters. The van der Waals surface area contributed by atoms with Crippen molar-refractivity contribution in [2.24, 2.45) is 7.05 Å². The van der Waals surface area contributed by atoms with Crippen LogP contribution in [0.15, 0.2) is 18.3 Å². The van der Waals surface area contributed by atoms with E-state index in [1.54, 1.807) is 4.90 Å². The number of hydrogen-bond donors (Lipinski definition) is 0. The Morgan fingerprint density at radius 2 is 2.15 bits per heavy atom. The fraction of sp³-hybridized carbons (Fsp3) is 0.667. The SMILES string of the molecule is CCOC(=O)N(C)C1CCN(Cc2cccn2C)CC1. The average Bonchev–Trinajstić information content (AvgIpc) is 2.85. The zero-order valence-electron chi connectivity index (χ0n) is 12.7. The monoisotopic (exact) mass is 279 g/mol. The number of ether oxygens (including phenoxy) is 1. The van der Waals surface area contributed by atoms with Crippen LogP contribution in [-0.2, 0) is 18.3 Å². The van der Waals surface area contributed by atoms with E-state index < -0.39 is 0 Å². The summed E-state index contributed by atoms with van der Waals surface area (Å²) in [5.74, 6) is 0. The highest BCUT2D eigenvalue weighted by Crippen LogP contribution is 2.18. The molecule has 1 fully saturated rings. The van der Waals surface area contributed by atoms with Crippen molar-refractivity contribution in [1.29, 1.82) is 0 Å². The molecule has 2 rings (SSSR count). The number of likely N-dealkylation sites (tertiary alicyclic amines) is 1. The first kappa shape index (κ1) is 14.9. The molecule has 5 heteroatoms. The molecule has 0 N–H and O–H groups in total. The van der Waals surface area contributed by atoms with Crippen LogP contribution in [0.25, 0.3) is 0 Å². The van der Waals surface area contributed by atoms with Crippen LogP contribution in [0.2, 0.25) is 0 Å². The molecule has 1 aliphatic heterocycles. The van der Waals surface area contributed by atoms with Crippen molar-refractivity contribution in [1.82, 2.24) is 14.4 Å². The van der Waals surface area contributed by atoms with Crippen LogP contribution in [0, 0.1) is 0 Å². The summed E-state index contributed by atoms with van der Waals surface area (Å²) in [5.41, 5.74) is 1.34. The number of nitrogens with zero attached hydrogens (tertiary/aromatic N) is 3. The second-order valence-electron chi connectivity index (χ2n) is 5.43. The van der Waals surface area contributed by atoms with Crippen LogP contribution in [0.4, 0.5) is 4.79 Å². The zero-order chi connectivity index (χ0) is 14.5. The van der Waals surface area contributed by atoms with Crippen molar-refractivity contribution in [3.8, 4) is 0 Å². The van der Waals surface area contributed by atoms with E-state index in [2.05, 4.69) is 34.8 Å². The molecule has 0 atom stereocenters. The Morgan fingerprint density at radius 1 is 1.45 bits per heavy atom. The molecule has 112 valence electrons. The third-order valence-electron chi connectivity index (χ3n) is 4.10. The van der Waals surface area contributed by atoms with E-state index >= 15 is 0 Å². The number of carbonyl (C=O) groups excluding carboxylic acids is 1. The first-order chi connectivity index (χ1) is 9.61. The van der Waals surface area contributed by atoms with Crippen LogP contribution in [0.3, 0.4) is 0 Å². The lowest BCUT2D eigenvalue weighted by Gasteiger charge is -2.36. The van der Waals surface area contributed by atoms with E-state index in [0.29, 0.717) is 12.6 Å². The maximum Gasteiger partial charge on any atom is 0.409 e. The highest BCUT2D eigenvalue weighted by molar-refractivity contribution is 5.67. The van der Waals surface area contributed by atoms with Gasteiger partial charge < -0.3 is 14.2 Å². The molecule has 0 aromatic carbocycles. The number of piperidine rings is 1. The highest BCUT2D eigenvalue weighted by Gasteiger charge is 2.26. The molecule has 0 spiro atoms. The van der Waals surface area contributed by atoms with Crippen molar-refractivity contribution in [2.45, 2.75) is 32.4 Å². The lowest BCUT2D eigenvalue weighted by molar-refractivity contribution is 0.0785. The summed E-state index contributed by atoms with van der Waals surface area (Å²) in [6, 6.07) is 4.55. The van der Waals surface area contributed by atoms with E-state index in [9.17, 15) is 4.79 Å². The average molecular weight is 279 g/mol. The molecule has 0 bridgehead atoms. The maximum atomic E-state index is 11.7. The molecule has 2 heterocycles. The lowest BCUT2D eigenvalue weighted by atomic mass is 10.0. The Kier molecular flexibility index (Phi) is 5.06. The van der Waals surface area contributed by atoms with Crippen LogP contribution in [-0.4, -0.2) is 53.2 Å². The number of aromatic nitrogens is 1. The van der Waals surface area contributed by atoms with Gasteiger partial charge in [-0.05, 0) is 31.9 Å². The second kappa shape index (κ2) is 6.79. The van der Waals surface area contributed by atoms with E-state index in [-0.39, 0.29) is 6.09 Å². The summed E-state index contributed by atoms with van der Waals surface area (Å²) in [4.78, 5) is 15.9. The number of aryl methyl sites for hydroxylation is 1. The third-order valence-corrected chi connectivity index (χ3v) is 4.10. The van der Waals surface area contributed by atoms with Gasteiger partial charge in [0.05, 0.1) is 6.61 Å². The van der Waals surface area contributed by atoms with Crippen molar-refractivity contribution < 1.29 is 9.53 Å². The molecule has 1 amide bonds. The van der Waals surface area contributed by atoms with Gasteiger partial charge in [-0.2, -0.15) is 0 Å². The lowest BCUT2D eigenvalue weighted by Crippen LogP contribution is -2.45. The number of carbonyl (C=O) groups is 1. The summed E-state index contributed by atoms with van der Waals surface area (Å²) in [6.07, 6.45) is 3.91. The Balaban J connectivity index is 1.80. The minimum Gasteiger partial charge on any atom is -0.450 e. The Hall–Kier alpha value is -1.49. The van der Waals surface area contributed by atoms with Crippen LogP contribution in [0.1, 0.15) is 25.5 Å². The van der Waals surface area contributed by atoms with Crippen molar-refractivity contribution in [3.05, 3.63) is 24.0 Å². The molecule has 1 aromatic rings. The van der Waals surface area contributed by atoms with Gasteiger partial charge in [0.25, 0.3) is 0 Å². The van der Waals surface area contributed by atoms with Gasteiger partial charge >= 0.3 is 6.09 Å². The highest BCUT2D eigenvalue weighted by atomic mass is 16.6.